The lowest BCUT2D eigenvalue weighted by Gasteiger charge is -1.84. The summed E-state index contributed by atoms with van der Waals surface area (Å²) in [5.41, 5.74) is 1.60. The second kappa shape index (κ2) is 3.30. The van der Waals surface area contributed by atoms with E-state index in [2.05, 4.69) is 22.0 Å². The number of aromatic nitrogens is 2. The average molecular weight is 154 g/mol. The van der Waals surface area contributed by atoms with E-state index in [9.17, 15) is 0 Å². The van der Waals surface area contributed by atoms with Gasteiger partial charge in [0.2, 0.25) is 0 Å². The summed E-state index contributed by atoms with van der Waals surface area (Å²) in [6.07, 6.45) is -0.594. The van der Waals surface area contributed by atoms with E-state index in [1.54, 1.807) is 12.4 Å². The Morgan fingerprint density at radius 2 is 2.60 bits per heavy atom. The summed E-state index contributed by atoms with van der Waals surface area (Å²) in [5.74, 6) is 5.23. The van der Waals surface area contributed by atoms with Crippen LogP contribution in [0.25, 0.3) is 0 Å². The van der Waals surface area contributed by atoms with E-state index in [4.69, 9.17) is 5.11 Å². The molecule has 1 aromatic heterocycles. The van der Waals surface area contributed by atoms with E-state index >= 15 is 0 Å². The minimum atomic E-state index is -0.594. The van der Waals surface area contributed by atoms with Gasteiger partial charge >= 0.3 is 0 Å². The summed E-state index contributed by atoms with van der Waals surface area (Å²) in [4.78, 5) is 0. The Kier molecular flexibility index (Phi) is 2.37. The maximum absolute atomic E-state index is 8.73. The first kappa shape index (κ1) is 7.19. The Morgan fingerprint density at radius 3 is 3.10 bits per heavy atom. The Bertz CT molecular complexity index is 244. The maximum Gasteiger partial charge on any atom is 0.190 e. The third kappa shape index (κ3) is 2.13. The van der Waals surface area contributed by atoms with Crippen LogP contribution in [0.1, 0.15) is 11.9 Å². The van der Waals surface area contributed by atoms with Crippen molar-refractivity contribution in [3.8, 4) is 11.8 Å². The Morgan fingerprint density at radius 1 is 1.80 bits per heavy atom. The number of aliphatic hydroxyl groups excluding tert-OH is 1. The van der Waals surface area contributed by atoms with Crippen molar-refractivity contribution in [3.05, 3.63) is 10.5 Å². The van der Waals surface area contributed by atoms with Crippen molar-refractivity contribution >= 4 is 11.3 Å². The summed E-state index contributed by atoms with van der Waals surface area (Å²) < 4.78 is 0. The Hall–Kier alpha value is -0.920. The lowest BCUT2D eigenvalue weighted by molar-refractivity contribution is 0.253. The molecule has 1 rings (SSSR count). The smallest absolute Gasteiger partial charge is 0.190 e. The quantitative estimate of drug-likeness (QED) is 0.545. The van der Waals surface area contributed by atoms with Crippen LogP contribution in [-0.4, -0.2) is 21.4 Å². The molecule has 3 nitrogen and oxygen atoms in total. The maximum atomic E-state index is 8.73. The molecule has 1 atom stereocenters. The van der Waals surface area contributed by atoms with Gasteiger partial charge in [0.15, 0.2) is 5.01 Å². The minimum Gasteiger partial charge on any atom is -0.381 e. The van der Waals surface area contributed by atoms with Gasteiger partial charge in [-0.25, -0.2) is 0 Å². The predicted molar refractivity (Wildman–Crippen MR) is 38.5 cm³/mol. The van der Waals surface area contributed by atoms with Crippen LogP contribution in [0, 0.1) is 11.8 Å². The van der Waals surface area contributed by atoms with Gasteiger partial charge in [-0.3, -0.25) is 0 Å². The lowest BCUT2D eigenvalue weighted by atomic mass is 10.4. The number of nitrogens with zero attached hydrogens (tertiary/aromatic N) is 2. The van der Waals surface area contributed by atoms with Crippen molar-refractivity contribution in [3.63, 3.8) is 0 Å². The van der Waals surface area contributed by atoms with E-state index in [0.717, 1.165) is 0 Å². The zero-order valence-corrected chi connectivity index (χ0v) is 6.22. The summed E-state index contributed by atoms with van der Waals surface area (Å²) >= 11 is 1.36. The molecule has 52 valence electrons. The van der Waals surface area contributed by atoms with Crippen molar-refractivity contribution in [2.45, 2.75) is 13.0 Å². The van der Waals surface area contributed by atoms with Crippen molar-refractivity contribution in [2.75, 3.05) is 0 Å². The molecule has 0 spiro atoms. The average Bonchev–Trinajstić information content (AvgIpc) is 2.34. The summed E-state index contributed by atoms with van der Waals surface area (Å²) in [6.45, 7) is 1.61. The van der Waals surface area contributed by atoms with Crippen LogP contribution < -0.4 is 0 Å². The lowest BCUT2D eigenvalue weighted by Crippen LogP contribution is -1.92. The molecule has 0 radical (unpaired) electrons. The molecule has 0 bridgehead atoms. The van der Waals surface area contributed by atoms with Crippen LogP contribution in [-0.2, 0) is 0 Å². The first-order chi connectivity index (χ1) is 4.79. The predicted octanol–water partition coefficient (Wildman–Crippen LogP) is 0.270. The van der Waals surface area contributed by atoms with Crippen molar-refractivity contribution in [2.24, 2.45) is 0 Å². The molecular formula is C6H6N2OS. The Balaban J connectivity index is 2.66. The molecule has 4 heteroatoms. The van der Waals surface area contributed by atoms with Gasteiger partial charge < -0.3 is 5.11 Å². The number of hydrogen-bond donors (Lipinski definition) is 1. The third-order valence-electron chi connectivity index (χ3n) is 0.748. The monoisotopic (exact) mass is 154 g/mol. The highest BCUT2D eigenvalue weighted by molar-refractivity contribution is 7.09. The number of aliphatic hydroxyl groups is 1. The second-order valence-corrected chi connectivity index (χ2v) is 2.52. The molecule has 1 heterocycles. The summed E-state index contributed by atoms with van der Waals surface area (Å²) in [7, 11) is 0. The molecule has 0 aromatic carbocycles. The van der Waals surface area contributed by atoms with Crippen LogP contribution >= 0.6 is 11.3 Å². The van der Waals surface area contributed by atoms with Crippen molar-refractivity contribution in [1.29, 1.82) is 0 Å². The summed E-state index contributed by atoms with van der Waals surface area (Å²) in [5, 5.41) is 16.6. The topological polar surface area (TPSA) is 46.0 Å². The van der Waals surface area contributed by atoms with Gasteiger partial charge in [-0.2, -0.15) is 0 Å². The SMILES string of the molecule is C[C@@H](O)C#Cc1nncs1. The normalized spacial score (nSPS) is 11.8. The number of hydrogen-bond acceptors (Lipinski definition) is 4. The molecule has 0 unspecified atom stereocenters. The summed E-state index contributed by atoms with van der Waals surface area (Å²) in [6, 6.07) is 0. The van der Waals surface area contributed by atoms with E-state index in [-0.39, 0.29) is 0 Å². The zero-order valence-electron chi connectivity index (χ0n) is 5.40. The highest BCUT2D eigenvalue weighted by Gasteiger charge is 1.88. The first-order valence-electron chi connectivity index (χ1n) is 2.75. The van der Waals surface area contributed by atoms with Crippen LogP contribution in [0.15, 0.2) is 5.51 Å². The molecule has 0 aliphatic rings. The molecule has 1 aromatic rings. The molecule has 0 saturated carbocycles. The zero-order chi connectivity index (χ0) is 7.40. The highest BCUT2D eigenvalue weighted by Crippen LogP contribution is 1.97. The van der Waals surface area contributed by atoms with Gasteiger partial charge in [0.25, 0.3) is 0 Å². The third-order valence-corrected chi connectivity index (χ3v) is 1.35. The van der Waals surface area contributed by atoms with Crippen LogP contribution in [0.5, 0.6) is 0 Å². The Labute approximate surface area is 62.7 Å². The van der Waals surface area contributed by atoms with Gasteiger partial charge in [0.05, 0.1) is 0 Å². The van der Waals surface area contributed by atoms with Crippen LogP contribution in [0.4, 0.5) is 0 Å². The van der Waals surface area contributed by atoms with Crippen molar-refractivity contribution in [1.82, 2.24) is 10.2 Å². The van der Waals surface area contributed by atoms with Gasteiger partial charge in [-0.05, 0) is 12.8 Å². The second-order valence-electron chi connectivity index (χ2n) is 1.69. The minimum absolute atomic E-state index is 0.594. The molecular weight excluding hydrogens is 148 g/mol. The molecule has 0 aliphatic heterocycles. The van der Waals surface area contributed by atoms with E-state index in [0.29, 0.717) is 5.01 Å². The molecule has 0 aliphatic carbocycles. The number of rotatable bonds is 0. The van der Waals surface area contributed by atoms with Crippen molar-refractivity contribution < 1.29 is 5.11 Å². The molecule has 0 saturated heterocycles. The fraction of sp³-hybridized carbons (Fsp3) is 0.333. The molecule has 10 heavy (non-hydrogen) atoms. The van der Waals surface area contributed by atoms with Gasteiger partial charge in [-0.15, -0.1) is 10.2 Å². The standard InChI is InChI=1S/C6H6N2OS/c1-5(9)2-3-6-8-7-4-10-6/h4-5,9H,1H3/t5-/m1/s1. The highest BCUT2D eigenvalue weighted by atomic mass is 32.1. The first-order valence-corrected chi connectivity index (χ1v) is 3.63. The fourth-order valence-electron chi connectivity index (χ4n) is 0.394. The van der Waals surface area contributed by atoms with Gasteiger partial charge in [0.1, 0.15) is 11.6 Å². The largest absolute Gasteiger partial charge is 0.381 e. The molecule has 0 amide bonds. The van der Waals surface area contributed by atoms with E-state index in [1.807, 2.05) is 0 Å². The molecule has 0 fully saturated rings. The van der Waals surface area contributed by atoms with E-state index in [1.165, 1.54) is 11.3 Å². The molecule has 1 N–H and O–H groups in total. The van der Waals surface area contributed by atoms with Gasteiger partial charge in [-0.1, -0.05) is 17.3 Å². The van der Waals surface area contributed by atoms with E-state index < -0.39 is 6.10 Å². The van der Waals surface area contributed by atoms with Crippen LogP contribution in [0.2, 0.25) is 0 Å². The fourth-order valence-corrected chi connectivity index (χ4v) is 0.800. The van der Waals surface area contributed by atoms with Gasteiger partial charge in [0, 0.05) is 0 Å². The van der Waals surface area contributed by atoms with Crippen LogP contribution in [0.3, 0.4) is 0 Å².